The molecule has 13 heavy (non-hydrogen) atoms. The summed E-state index contributed by atoms with van der Waals surface area (Å²) < 4.78 is 12.9. The Morgan fingerprint density at radius 2 is 2.31 bits per heavy atom. The summed E-state index contributed by atoms with van der Waals surface area (Å²) >= 11 is 0. The van der Waals surface area contributed by atoms with Gasteiger partial charge >= 0.3 is 0 Å². The first-order chi connectivity index (χ1) is 6.18. The molecule has 70 valence electrons. The third kappa shape index (κ3) is 1.40. The normalized spacial score (nSPS) is 21.5. The highest BCUT2D eigenvalue weighted by Gasteiger charge is 2.21. The number of nitrogens with zero attached hydrogens (tertiary/aromatic N) is 1. The van der Waals surface area contributed by atoms with Crippen LogP contribution >= 0.6 is 0 Å². The van der Waals surface area contributed by atoms with Crippen LogP contribution in [0.5, 0.6) is 0 Å². The zero-order valence-corrected chi connectivity index (χ0v) is 7.50. The van der Waals surface area contributed by atoms with Gasteiger partial charge in [0.2, 0.25) is 0 Å². The van der Waals surface area contributed by atoms with Crippen molar-refractivity contribution in [2.45, 2.75) is 12.5 Å². The first-order valence-electron chi connectivity index (χ1n) is 4.37. The van der Waals surface area contributed by atoms with E-state index in [1.54, 1.807) is 6.07 Å². The van der Waals surface area contributed by atoms with Crippen LogP contribution in [-0.2, 0) is 0 Å². The Hall–Kier alpha value is -1.09. The molecule has 0 spiro atoms. The highest BCUT2D eigenvalue weighted by Crippen LogP contribution is 2.32. The number of hydrogen-bond donors (Lipinski definition) is 1. The van der Waals surface area contributed by atoms with E-state index in [0.29, 0.717) is 0 Å². The van der Waals surface area contributed by atoms with Gasteiger partial charge in [0.05, 0.1) is 6.10 Å². The molecule has 0 fully saturated rings. The summed E-state index contributed by atoms with van der Waals surface area (Å²) in [5.41, 5.74) is 1.63. The summed E-state index contributed by atoms with van der Waals surface area (Å²) in [6, 6.07) is 4.52. The zero-order chi connectivity index (χ0) is 9.42. The average molecular weight is 181 g/mol. The maximum atomic E-state index is 12.9. The Kier molecular flexibility index (Phi) is 1.96. The van der Waals surface area contributed by atoms with Gasteiger partial charge in [-0.1, -0.05) is 6.07 Å². The maximum Gasteiger partial charge on any atom is 0.125 e. The Labute approximate surface area is 76.6 Å². The topological polar surface area (TPSA) is 23.5 Å². The lowest BCUT2D eigenvalue weighted by Gasteiger charge is -2.30. The number of rotatable bonds is 0. The van der Waals surface area contributed by atoms with E-state index in [2.05, 4.69) is 0 Å². The molecule has 2 nitrogen and oxygen atoms in total. The molecular weight excluding hydrogens is 169 g/mol. The molecule has 1 aromatic rings. The van der Waals surface area contributed by atoms with Gasteiger partial charge in [-0.05, 0) is 18.6 Å². The minimum absolute atomic E-state index is 0.250. The molecule has 2 rings (SSSR count). The lowest BCUT2D eigenvalue weighted by atomic mass is 9.99. The fourth-order valence-electron chi connectivity index (χ4n) is 1.72. The minimum atomic E-state index is -0.438. The summed E-state index contributed by atoms with van der Waals surface area (Å²) in [6.07, 6.45) is 0.279. The number of benzene rings is 1. The SMILES string of the molecule is CN1CCC(O)c2ccc(F)cc21. The maximum absolute atomic E-state index is 12.9. The Bertz CT molecular complexity index is 327. The fraction of sp³-hybridized carbons (Fsp3) is 0.400. The second-order valence-electron chi connectivity index (χ2n) is 3.43. The van der Waals surface area contributed by atoms with Gasteiger partial charge in [-0.25, -0.2) is 4.39 Å². The van der Waals surface area contributed by atoms with Crippen LogP contribution in [0.3, 0.4) is 0 Å². The van der Waals surface area contributed by atoms with Gasteiger partial charge in [0, 0.05) is 24.8 Å². The summed E-state index contributed by atoms with van der Waals surface area (Å²) in [5, 5.41) is 9.62. The van der Waals surface area contributed by atoms with Crippen LogP contribution in [0.4, 0.5) is 10.1 Å². The predicted octanol–water partition coefficient (Wildman–Crippen LogP) is 1.70. The van der Waals surface area contributed by atoms with Gasteiger partial charge in [-0.2, -0.15) is 0 Å². The van der Waals surface area contributed by atoms with Crippen LogP contribution in [0.15, 0.2) is 18.2 Å². The molecule has 0 radical (unpaired) electrons. The molecule has 0 saturated heterocycles. The van der Waals surface area contributed by atoms with Crippen molar-refractivity contribution in [1.29, 1.82) is 0 Å². The van der Waals surface area contributed by atoms with Crippen molar-refractivity contribution in [2.24, 2.45) is 0 Å². The monoisotopic (exact) mass is 181 g/mol. The average Bonchev–Trinajstić information content (AvgIpc) is 2.12. The van der Waals surface area contributed by atoms with Gasteiger partial charge in [0.25, 0.3) is 0 Å². The molecule has 0 amide bonds. The summed E-state index contributed by atoms with van der Waals surface area (Å²) in [4.78, 5) is 1.96. The zero-order valence-electron chi connectivity index (χ0n) is 7.50. The van der Waals surface area contributed by atoms with Crippen molar-refractivity contribution >= 4 is 5.69 Å². The molecule has 1 atom stereocenters. The third-order valence-electron chi connectivity index (χ3n) is 2.50. The van der Waals surface area contributed by atoms with E-state index in [1.165, 1.54) is 12.1 Å². The van der Waals surface area contributed by atoms with E-state index in [1.807, 2.05) is 11.9 Å². The van der Waals surface area contributed by atoms with Crippen LogP contribution in [0.1, 0.15) is 18.1 Å². The van der Waals surface area contributed by atoms with Crippen molar-refractivity contribution < 1.29 is 9.50 Å². The van der Waals surface area contributed by atoms with Gasteiger partial charge in [-0.3, -0.25) is 0 Å². The smallest absolute Gasteiger partial charge is 0.125 e. The lowest BCUT2D eigenvalue weighted by molar-refractivity contribution is 0.165. The second-order valence-corrected chi connectivity index (χ2v) is 3.43. The lowest BCUT2D eigenvalue weighted by Crippen LogP contribution is -2.27. The summed E-state index contributed by atoms with van der Waals surface area (Å²) in [7, 11) is 1.91. The third-order valence-corrected chi connectivity index (χ3v) is 2.50. The first-order valence-corrected chi connectivity index (χ1v) is 4.37. The largest absolute Gasteiger partial charge is 0.388 e. The molecule has 1 aromatic carbocycles. The molecule has 0 aliphatic carbocycles. The van der Waals surface area contributed by atoms with Crippen LogP contribution in [0, 0.1) is 5.82 Å². The number of anilines is 1. The Morgan fingerprint density at radius 1 is 1.54 bits per heavy atom. The molecular formula is C10H12FNO. The summed E-state index contributed by atoms with van der Waals surface area (Å²) in [6.45, 7) is 0.775. The number of aliphatic hydroxyl groups excluding tert-OH is 1. The van der Waals surface area contributed by atoms with E-state index in [0.717, 1.165) is 24.2 Å². The number of halogens is 1. The van der Waals surface area contributed by atoms with Gasteiger partial charge in [-0.15, -0.1) is 0 Å². The second kappa shape index (κ2) is 3.00. The number of hydrogen-bond acceptors (Lipinski definition) is 2. The van der Waals surface area contributed by atoms with Crippen molar-refractivity contribution in [3.63, 3.8) is 0 Å². The number of fused-ring (bicyclic) bond motifs is 1. The highest BCUT2D eigenvalue weighted by molar-refractivity contribution is 5.56. The summed E-state index contributed by atoms with van der Waals surface area (Å²) in [5.74, 6) is -0.250. The van der Waals surface area contributed by atoms with Gasteiger partial charge in [0.1, 0.15) is 5.82 Å². The van der Waals surface area contributed by atoms with Crippen LogP contribution in [0.2, 0.25) is 0 Å². The van der Waals surface area contributed by atoms with E-state index < -0.39 is 6.10 Å². The molecule has 1 aliphatic rings. The van der Waals surface area contributed by atoms with E-state index in [4.69, 9.17) is 0 Å². The van der Waals surface area contributed by atoms with Crippen molar-refractivity contribution in [3.05, 3.63) is 29.6 Å². The minimum Gasteiger partial charge on any atom is -0.388 e. The number of aliphatic hydroxyl groups is 1. The van der Waals surface area contributed by atoms with Crippen LogP contribution in [0.25, 0.3) is 0 Å². The standard InChI is InChI=1S/C10H12FNO/c1-12-5-4-10(13)8-3-2-7(11)6-9(8)12/h2-3,6,10,13H,4-5H2,1H3. The van der Waals surface area contributed by atoms with Crippen molar-refractivity contribution in [3.8, 4) is 0 Å². The van der Waals surface area contributed by atoms with E-state index >= 15 is 0 Å². The Morgan fingerprint density at radius 3 is 3.08 bits per heavy atom. The predicted molar refractivity (Wildman–Crippen MR) is 49.2 cm³/mol. The Balaban J connectivity index is 2.50. The molecule has 3 heteroatoms. The first kappa shape index (κ1) is 8.51. The van der Waals surface area contributed by atoms with Gasteiger partial charge < -0.3 is 10.0 Å². The molecule has 0 aromatic heterocycles. The highest BCUT2D eigenvalue weighted by atomic mass is 19.1. The van der Waals surface area contributed by atoms with Crippen LogP contribution in [-0.4, -0.2) is 18.7 Å². The molecule has 0 saturated carbocycles. The molecule has 1 heterocycles. The van der Waals surface area contributed by atoms with Crippen LogP contribution < -0.4 is 4.90 Å². The molecule has 1 unspecified atom stereocenters. The fourth-order valence-corrected chi connectivity index (χ4v) is 1.72. The quantitative estimate of drug-likeness (QED) is 0.658. The van der Waals surface area contributed by atoms with Gasteiger partial charge in [0.15, 0.2) is 0 Å². The molecule has 0 bridgehead atoms. The molecule has 1 N–H and O–H groups in total. The van der Waals surface area contributed by atoms with Crippen molar-refractivity contribution in [2.75, 3.05) is 18.5 Å². The molecule has 1 aliphatic heterocycles. The van der Waals surface area contributed by atoms with E-state index in [9.17, 15) is 9.50 Å². The van der Waals surface area contributed by atoms with E-state index in [-0.39, 0.29) is 5.82 Å². The van der Waals surface area contributed by atoms with Crippen molar-refractivity contribution in [1.82, 2.24) is 0 Å².